The number of rotatable bonds is 5. The van der Waals surface area contributed by atoms with E-state index in [2.05, 4.69) is 20.6 Å². The van der Waals surface area contributed by atoms with E-state index in [4.69, 9.17) is 5.11 Å². The van der Waals surface area contributed by atoms with Crippen molar-refractivity contribution in [2.75, 3.05) is 11.9 Å². The number of aliphatic hydroxyl groups excluding tert-OH is 1. The number of amides is 1. The first-order valence-corrected chi connectivity index (χ1v) is 8.08. The summed E-state index contributed by atoms with van der Waals surface area (Å²) in [6.45, 7) is 3.53. The van der Waals surface area contributed by atoms with Crippen LogP contribution in [-0.2, 0) is 0 Å². The molecule has 0 radical (unpaired) electrons. The van der Waals surface area contributed by atoms with Crippen LogP contribution in [0.5, 0.6) is 0 Å². The summed E-state index contributed by atoms with van der Waals surface area (Å²) in [4.78, 5) is 20.0. The summed E-state index contributed by atoms with van der Waals surface area (Å²) in [5.41, 5.74) is 1.54. The number of carbonyl (C=O) groups excluding carboxylic acids is 1. The fourth-order valence-corrected chi connectivity index (χ4v) is 2.56. The molecule has 122 valence electrons. The summed E-state index contributed by atoms with van der Waals surface area (Å²) in [5.74, 6) is 0.588. The van der Waals surface area contributed by atoms with Crippen LogP contribution < -0.4 is 10.6 Å². The van der Waals surface area contributed by atoms with E-state index in [1.54, 1.807) is 19.3 Å². The SMILES string of the molecule is Cc1ncccc(Nc2ccsc2C(=O)NC(C)CO)cc[nH]1. The average Bonchev–Trinajstić information content (AvgIpc) is 3.01. The van der Waals surface area contributed by atoms with E-state index in [0.717, 1.165) is 17.2 Å². The smallest absolute Gasteiger partial charge is 0.263 e. The van der Waals surface area contributed by atoms with Gasteiger partial charge in [0.1, 0.15) is 10.7 Å². The molecule has 2 rings (SSSR count). The van der Waals surface area contributed by atoms with Gasteiger partial charge in [-0.1, -0.05) is 0 Å². The van der Waals surface area contributed by atoms with Gasteiger partial charge in [0, 0.05) is 24.1 Å². The van der Waals surface area contributed by atoms with Crippen LogP contribution in [0.1, 0.15) is 22.4 Å². The van der Waals surface area contributed by atoms with Crippen molar-refractivity contribution in [2.45, 2.75) is 19.9 Å². The third kappa shape index (κ3) is 5.08. The highest BCUT2D eigenvalue weighted by atomic mass is 32.1. The van der Waals surface area contributed by atoms with Crippen molar-refractivity contribution < 1.29 is 9.90 Å². The molecule has 6 nitrogen and oxygen atoms in total. The molecule has 0 spiro atoms. The van der Waals surface area contributed by atoms with Crippen molar-refractivity contribution in [3.8, 4) is 0 Å². The summed E-state index contributed by atoms with van der Waals surface area (Å²) >= 11 is 1.35. The standard InChI is InChI=1S/C16H20N4O2S/c1-11(10-21)19-16(22)15-14(6-9-23-15)20-13-4-3-7-17-12(2)18-8-5-13/h3-9,11,20-21H,10H2,1-2H3,(H,17,18)(H,19,22). The van der Waals surface area contributed by atoms with Gasteiger partial charge in [0.15, 0.2) is 0 Å². The molecule has 0 aliphatic heterocycles. The molecule has 0 aliphatic rings. The monoisotopic (exact) mass is 332 g/mol. The molecule has 1 amide bonds. The molecule has 4 N–H and O–H groups in total. The molecule has 0 saturated carbocycles. The Balaban J connectivity index is 2.22. The van der Waals surface area contributed by atoms with E-state index < -0.39 is 0 Å². The highest BCUT2D eigenvalue weighted by molar-refractivity contribution is 7.12. The third-order valence-corrected chi connectivity index (χ3v) is 3.90. The fourth-order valence-electron chi connectivity index (χ4n) is 1.80. The average molecular weight is 332 g/mol. The normalized spacial score (nSPS) is 11.4. The molecular formula is C16H20N4O2S. The number of aromatic amines is 1. The van der Waals surface area contributed by atoms with Gasteiger partial charge in [0.25, 0.3) is 5.91 Å². The van der Waals surface area contributed by atoms with E-state index in [0.29, 0.717) is 4.88 Å². The van der Waals surface area contributed by atoms with Crippen molar-refractivity contribution in [3.63, 3.8) is 0 Å². The van der Waals surface area contributed by atoms with E-state index in [9.17, 15) is 4.79 Å². The Bertz CT molecular complexity index is 709. The van der Waals surface area contributed by atoms with Crippen LogP contribution in [0.25, 0.3) is 0 Å². The summed E-state index contributed by atoms with van der Waals surface area (Å²) in [6, 6.07) is 7.13. The molecule has 0 aromatic carbocycles. The Morgan fingerprint density at radius 2 is 2.26 bits per heavy atom. The van der Waals surface area contributed by atoms with Crippen molar-refractivity contribution in [3.05, 3.63) is 52.7 Å². The molecule has 2 aromatic rings. The quantitative estimate of drug-likeness (QED) is 0.678. The van der Waals surface area contributed by atoms with Crippen molar-refractivity contribution in [2.24, 2.45) is 0 Å². The zero-order chi connectivity index (χ0) is 16.7. The number of carbonyl (C=O) groups is 1. The summed E-state index contributed by atoms with van der Waals surface area (Å²) in [7, 11) is 0. The fraction of sp³-hybridized carbons (Fsp3) is 0.250. The first kappa shape index (κ1) is 17.0. The molecule has 1 unspecified atom stereocenters. The lowest BCUT2D eigenvalue weighted by molar-refractivity contribution is 0.0927. The Labute approximate surface area is 138 Å². The first-order valence-electron chi connectivity index (χ1n) is 7.20. The second-order valence-electron chi connectivity index (χ2n) is 5.00. The molecule has 23 heavy (non-hydrogen) atoms. The lowest BCUT2D eigenvalue weighted by atomic mass is 10.3. The first-order chi connectivity index (χ1) is 11.1. The van der Waals surface area contributed by atoms with Crippen LogP contribution in [0, 0.1) is 6.92 Å². The molecule has 1 atom stereocenters. The number of hydrogen-bond acceptors (Lipinski definition) is 5. The maximum absolute atomic E-state index is 12.2. The van der Waals surface area contributed by atoms with E-state index >= 15 is 0 Å². The number of nitrogens with zero attached hydrogens (tertiary/aromatic N) is 1. The Morgan fingerprint density at radius 3 is 3.04 bits per heavy atom. The lowest BCUT2D eigenvalue weighted by Gasteiger charge is -2.11. The molecular weight excluding hydrogens is 312 g/mol. The number of aryl methyl sites for hydroxylation is 1. The predicted octanol–water partition coefficient (Wildman–Crippen LogP) is 2.76. The molecule has 2 heterocycles. The molecule has 7 heteroatoms. The second kappa shape index (κ2) is 8.30. The van der Waals surface area contributed by atoms with Crippen LogP contribution in [-0.4, -0.2) is 33.6 Å². The van der Waals surface area contributed by atoms with Gasteiger partial charge in [-0.2, -0.15) is 0 Å². The van der Waals surface area contributed by atoms with Gasteiger partial charge in [-0.25, -0.2) is 4.98 Å². The molecule has 2 aromatic heterocycles. The van der Waals surface area contributed by atoms with Crippen LogP contribution >= 0.6 is 11.3 Å². The Kier molecular flexibility index (Phi) is 6.13. The van der Waals surface area contributed by atoms with E-state index in [1.807, 2.05) is 36.6 Å². The minimum absolute atomic E-state index is 0.0937. The second-order valence-corrected chi connectivity index (χ2v) is 5.92. The van der Waals surface area contributed by atoms with Crippen molar-refractivity contribution in [1.82, 2.24) is 15.3 Å². The lowest BCUT2D eigenvalue weighted by Crippen LogP contribution is -2.34. The highest BCUT2D eigenvalue weighted by Gasteiger charge is 2.15. The van der Waals surface area contributed by atoms with Gasteiger partial charge in [-0.3, -0.25) is 4.79 Å². The van der Waals surface area contributed by atoms with Gasteiger partial charge < -0.3 is 20.7 Å². The van der Waals surface area contributed by atoms with Gasteiger partial charge in [-0.05, 0) is 43.5 Å². The van der Waals surface area contributed by atoms with Crippen molar-refractivity contribution >= 4 is 28.6 Å². The number of aromatic nitrogens is 2. The van der Waals surface area contributed by atoms with E-state index in [1.165, 1.54) is 11.3 Å². The number of anilines is 2. The van der Waals surface area contributed by atoms with Gasteiger partial charge >= 0.3 is 0 Å². The Hall–Kier alpha value is -2.38. The van der Waals surface area contributed by atoms with Gasteiger partial charge in [0.05, 0.1) is 12.3 Å². The number of thiophene rings is 1. The highest BCUT2D eigenvalue weighted by Crippen LogP contribution is 2.25. The maximum Gasteiger partial charge on any atom is 0.263 e. The van der Waals surface area contributed by atoms with Crippen LogP contribution in [0.4, 0.5) is 11.4 Å². The minimum Gasteiger partial charge on any atom is -0.394 e. The molecule has 0 aliphatic carbocycles. The molecule has 0 saturated heterocycles. The zero-order valence-corrected chi connectivity index (χ0v) is 13.9. The molecule has 0 fully saturated rings. The largest absolute Gasteiger partial charge is 0.394 e. The molecule has 0 bridgehead atoms. The third-order valence-electron chi connectivity index (χ3n) is 2.99. The predicted molar refractivity (Wildman–Crippen MR) is 92.6 cm³/mol. The van der Waals surface area contributed by atoms with Crippen LogP contribution in [0.2, 0.25) is 0 Å². The van der Waals surface area contributed by atoms with Gasteiger partial charge in [-0.15, -0.1) is 11.3 Å². The Morgan fingerprint density at radius 1 is 1.43 bits per heavy atom. The van der Waals surface area contributed by atoms with Crippen molar-refractivity contribution in [1.29, 1.82) is 0 Å². The summed E-state index contributed by atoms with van der Waals surface area (Å²) in [6.07, 6.45) is 3.48. The minimum atomic E-state index is -0.284. The number of aliphatic hydroxyl groups is 1. The summed E-state index contributed by atoms with van der Waals surface area (Å²) in [5, 5.41) is 16.9. The number of hydrogen-bond donors (Lipinski definition) is 4. The van der Waals surface area contributed by atoms with Crippen LogP contribution in [0.3, 0.4) is 0 Å². The number of nitrogens with one attached hydrogen (secondary N) is 3. The van der Waals surface area contributed by atoms with Gasteiger partial charge in [0.2, 0.25) is 0 Å². The summed E-state index contributed by atoms with van der Waals surface area (Å²) < 4.78 is 0. The topological polar surface area (TPSA) is 90.0 Å². The maximum atomic E-state index is 12.2. The zero-order valence-electron chi connectivity index (χ0n) is 13.0. The van der Waals surface area contributed by atoms with Crippen LogP contribution in [0.15, 0.2) is 42.0 Å². The number of H-pyrrole nitrogens is 1. The van der Waals surface area contributed by atoms with E-state index in [-0.39, 0.29) is 18.6 Å².